The van der Waals surface area contributed by atoms with Crippen LogP contribution in [-0.2, 0) is 9.84 Å². The molecule has 9 heteroatoms. The third-order valence-electron chi connectivity index (χ3n) is 7.51. The van der Waals surface area contributed by atoms with Gasteiger partial charge in [-0.1, -0.05) is 18.2 Å². The van der Waals surface area contributed by atoms with Gasteiger partial charge in [0, 0.05) is 24.7 Å². The maximum atomic E-state index is 13.6. The van der Waals surface area contributed by atoms with Crippen molar-refractivity contribution in [3.05, 3.63) is 83.2 Å². The van der Waals surface area contributed by atoms with Gasteiger partial charge in [-0.2, -0.15) is 0 Å². The zero-order chi connectivity index (χ0) is 25.8. The molecule has 3 aromatic rings. The van der Waals surface area contributed by atoms with Gasteiger partial charge in [0.25, 0.3) is 0 Å². The summed E-state index contributed by atoms with van der Waals surface area (Å²) in [5.74, 6) is 1.72. The van der Waals surface area contributed by atoms with Crippen LogP contribution in [0.5, 0.6) is 5.75 Å². The third-order valence-corrected chi connectivity index (χ3v) is 9.62. The van der Waals surface area contributed by atoms with Gasteiger partial charge in [0.1, 0.15) is 17.4 Å². The summed E-state index contributed by atoms with van der Waals surface area (Å²) in [5, 5.41) is 0. The number of aliphatic imine (C=N–C) groups is 1. The van der Waals surface area contributed by atoms with Gasteiger partial charge < -0.3 is 14.2 Å². The van der Waals surface area contributed by atoms with Gasteiger partial charge in [0.05, 0.1) is 42.4 Å². The molecule has 0 aliphatic carbocycles. The number of rotatable bonds is 4. The third kappa shape index (κ3) is 4.45. The summed E-state index contributed by atoms with van der Waals surface area (Å²) < 4.78 is 45.9. The molecular formula is C28H29FN4O3S. The molecule has 3 aliphatic heterocycles. The Labute approximate surface area is 216 Å². The Hall–Kier alpha value is -3.46. The highest BCUT2D eigenvalue weighted by Crippen LogP contribution is 2.47. The molecular weight excluding hydrogens is 491 g/mol. The Morgan fingerprint density at radius 2 is 1.95 bits per heavy atom. The zero-order valence-electron chi connectivity index (χ0n) is 20.9. The van der Waals surface area contributed by atoms with Gasteiger partial charge in [0.2, 0.25) is 0 Å². The number of methoxy groups -OCH3 is 1. The lowest BCUT2D eigenvalue weighted by molar-refractivity contribution is 0.167. The van der Waals surface area contributed by atoms with Crippen molar-refractivity contribution >= 4 is 21.7 Å². The predicted molar refractivity (Wildman–Crippen MR) is 141 cm³/mol. The molecule has 2 fully saturated rings. The fraction of sp³-hybridized carbons (Fsp3) is 0.357. The van der Waals surface area contributed by atoms with Crippen LogP contribution in [0, 0.1) is 18.2 Å². The summed E-state index contributed by atoms with van der Waals surface area (Å²) in [4.78, 5) is 11.5. The number of halogens is 1. The number of benzene rings is 2. The zero-order valence-corrected chi connectivity index (χ0v) is 21.7. The second kappa shape index (κ2) is 8.83. The molecule has 37 heavy (non-hydrogen) atoms. The minimum Gasteiger partial charge on any atom is -0.495 e. The van der Waals surface area contributed by atoms with E-state index >= 15 is 0 Å². The number of amidine groups is 1. The summed E-state index contributed by atoms with van der Waals surface area (Å²) in [7, 11) is -1.38. The molecule has 1 spiro atoms. The number of hydrogen-bond acceptors (Lipinski definition) is 6. The van der Waals surface area contributed by atoms with Crippen LogP contribution in [0.25, 0.3) is 11.8 Å². The summed E-state index contributed by atoms with van der Waals surface area (Å²) in [6.07, 6.45) is 7.27. The predicted octanol–water partition coefficient (Wildman–Crippen LogP) is 4.38. The fourth-order valence-corrected chi connectivity index (χ4v) is 8.21. The number of piperidine rings is 1. The van der Waals surface area contributed by atoms with Crippen molar-refractivity contribution < 1.29 is 17.5 Å². The Kier molecular flexibility index (Phi) is 5.71. The molecule has 192 valence electrons. The smallest absolute Gasteiger partial charge is 0.151 e. The molecule has 0 amide bonds. The second-order valence-corrected chi connectivity index (χ2v) is 12.5. The van der Waals surface area contributed by atoms with Crippen LogP contribution >= 0.6 is 0 Å². The lowest BCUT2D eigenvalue weighted by Gasteiger charge is -2.53. The van der Waals surface area contributed by atoms with Crippen LogP contribution in [0.4, 0.5) is 4.39 Å². The van der Waals surface area contributed by atoms with Crippen LogP contribution in [0.2, 0.25) is 0 Å². The number of nitrogens with zero attached hydrogens (tertiary/aromatic N) is 4. The first-order valence-corrected chi connectivity index (χ1v) is 14.2. The topological polar surface area (TPSA) is 76.8 Å². The number of hydrogen-bond donors (Lipinski definition) is 0. The molecule has 6 rings (SSSR count). The molecule has 1 atom stereocenters. The van der Waals surface area contributed by atoms with Crippen molar-refractivity contribution in [3.8, 4) is 11.4 Å². The van der Waals surface area contributed by atoms with Gasteiger partial charge in [-0.15, -0.1) is 0 Å². The van der Waals surface area contributed by atoms with Crippen LogP contribution in [0.1, 0.15) is 35.7 Å². The number of aryl methyl sites for hydroxylation is 1. The van der Waals surface area contributed by atoms with Crippen molar-refractivity contribution in [1.29, 1.82) is 0 Å². The number of aromatic nitrogens is 2. The molecule has 0 N–H and O–H groups in total. The van der Waals surface area contributed by atoms with E-state index in [1.165, 1.54) is 12.1 Å². The maximum Gasteiger partial charge on any atom is 0.151 e. The SMILES string of the molecule is COc1cc(/C=C2\CC3(CN4C2=NCCC4c2ccc(F)cc2)CS(=O)(=O)C3)ccc1-n1cnc(C)c1. The van der Waals surface area contributed by atoms with Gasteiger partial charge >= 0.3 is 0 Å². The van der Waals surface area contributed by atoms with Crippen molar-refractivity contribution in [3.63, 3.8) is 0 Å². The van der Waals surface area contributed by atoms with E-state index in [4.69, 9.17) is 9.73 Å². The van der Waals surface area contributed by atoms with E-state index in [1.54, 1.807) is 13.4 Å². The van der Waals surface area contributed by atoms with Crippen LogP contribution < -0.4 is 4.74 Å². The first-order valence-electron chi connectivity index (χ1n) is 12.4. The number of ether oxygens (including phenoxy) is 1. The first-order chi connectivity index (χ1) is 17.7. The Morgan fingerprint density at radius 3 is 2.62 bits per heavy atom. The molecule has 0 saturated carbocycles. The Bertz CT molecular complexity index is 1510. The van der Waals surface area contributed by atoms with E-state index in [9.17, 15) is 12.8 Å². The van der Waals surface area contributed by atoms with Gasteiger partial charge in [-0.25, -0.2) is 17.8 Å². The molecule has 4 heterocycles. The van der Waals surface area contributed by atoms with Crippen molar-refractivity contribution in [2.75, 3.05) is 31.7 Å². The molecule has 0 bridgehead atoms. The molecule has 2 aromatic carbocycles. The summed E-state index contributed by atoms with van der Waals surface area (Å²) in [5.41, 5.74) is 4.48. The molecule has 1 aromatic heterocycles. The Balaban J connectivity index is 1.39. The number of imidazole rings is 1. The molecule has 1 unspecified atom stereocenters. The van der Waals surface area contributed by atoms with Crippen LogP contribution in [-0.4, -0.2) is 60.4 Å². The minimum atomic E-state index is -3.03. The monoisotopic (exact) mass is 520 g/mol. The summed E-state index contributed by atoms with van der Waals surface area (Å²) in [6, 6.07) is 12.7. The van der Waals surface area contributed by atoms with E-state index in [0.29, 0.717) is 19.5 Å². The van der Waals surface area contributed by atoms with Gasteiger partial charge in [-0.3, -0.25) is 4.99 Å². The van der Waals surface area contributed by atoms with E-state index in [2.05, 4.69) is 16.0 Å². The van der Waals surface area contributed by atoms with Gasteiger partial charge in [-0.05, 0) is 66.8 Å². The molecule has 7 nitrogen and oxygen atoms in total. The average Bonchev–Trinajstić information content (AvgIpc) is 3.29. The summed E-state index contributed by atoms with van der Waals surface area (Å²) >= 11 is 0. The molecule has 2 saturated heterocycles. The summed E-state index contributed by atoms with van der Waals surface area (Å²) in [6.45, 7) is 3.24. The van der Waals surface area contributed by atoms with E-state index < -0.39 is 9.84 Å². The number of sulfone groups is 1. The standard InChI is InChI=1S/C28H29FN4O3S/c1-19-14-32(18-31-19)25-8-3-20(12-26(25)36-2)11-22-13-28(16-37(34,35)17-28)15-33-24(9-10-30-27(22)33)21-4-6-23(29)7-5-21/h3-8,11-12,14,18,24H,9-10,13,15-17H2,1-2H3/b22-11+. The molecule has 3 aliphatic rings. The quantitative estimate of drug-likeness (QED) is 0.511. The van der Waals surface area contributed by atoms with Crippen molar-refractivity contribution in [1.82, 2.24) is 14.5 Å². The van der Waals surface area contributed by atoms with Crippen molar-refractivity contribution in [2.24, 2.45) is 10.4 Å². The molecule has 0 radical (unpaired) electrons. The van der Waals surface area contributed by atoms with E-state index in [1.807, 2.05) is 48.0 Å². The highest BCUT2D eigenvalue weighted by molar-refractivity contribution is 7.92. The minimum absolute atomic E-state index is 0.0263. The highest BCUT2D eigenvalue weighted by atomic mass is 32.2. The lowest BCUT2D eigenvalue weighted by atomic mass is 9.77. The van der Waals surface area contributed by atoms with E-state index in [-0.39, 0.29) is 28.8 Å². The normalized spacial score (nSPS) is 22.9. The Morgan fingerprint density at radius 1 is 1.16 bits per heavy atom. The number of fused-ring (bicyclic) bond motifs is 1. The van der Waals surface area contributed by atoms with E-state index in [0.717, 1.165) is 46.1 Å². The average molecular weight is 521 g/mol. The second-order valence-electron chi connectivity index (χ2n) is 10.4. The lowest BCUT2D eigenvalue weighted by Crippen LogP contribution is -2.60. The van der Waals surface area contributed by atoms with Gasteiger partial charge in [0.15, 0.2) is 9.84 Å². The van der Waals surface area contributed by atoms with Crippen molar-refractivity contribution in [2.45, 2.75) is 25.8 Å². The highest BCUT2D eigenvalue weighted by Gasteiger charge is 2.54. The first kappa shape index (κ1) is 23.9. The van der Waals surface area contributed by atoms with Crippen LogP contribution in [0.3, 0.4) is 0 Å². The van der Waals surface area contributed by atoms with Crippen LogP contribution in [0.15, 0.2) is 65.6 Å². The largest absolute Gasteiger partial charge is 0.495 e. The fourth-order valence-electron chi connectivity index (χ4n) is 6.04. The maximum absolute atomic E-state index is 13.6.